The first-order valence-corrected chi connectivity index (χ1v) is 7.98. The maximum absolute atomic E-state index is 12.3. The minimum Gasteiger partial charge on any atom is -0.480 e. The molecule has 1 saturated heterocycles. The molecule has 130 valence electrons. The minimum atomic E-state index is -1.07. The molecule has 2 rings (SSSR count). The van der Waals surface area contributed by atoms with Gasteiger partial charge in [0, 0.05) is 18.5 Å². The SMILES string of the molecule is CC(C)(C)OC(=O)N1C[C@H](CC(=O)c2ccccc2)C[C@H]1C(=O)O. The predicted molar refractivity (Wildman–Crippen MR) is 87.9 cm³/mol. The van der Waals surface area contributed by atoms with Gasteiger partial charge in [-0.15, -0.1) is 0 Å². The van der Waals surface area contributed by atoms with E-state index in [1.54, 1.807) is 45.0 Å². The van der Waals surface area contributed by atoms with Gasteiger partial charge in [-0.1, -0.05) is 30.3 Å². The van der Waals surface area contributed by atoms with Crippen molar-refractivity contribution in [1.29, 1.82) is 0 Å². The number of carbonyl (C=O) groups excluding carboxylic acids is 2. The van der Waals surface area contributed by atoms with Gasteiger partial charge in [0.15, 0.2) is 5.78 Å². The number of hydrogen-bond donors (Lipinski definition) is 1. The number of carbonyl (C=O) groups is 3. The summed E-state index contributed by atoms with van der Waals surface area (Å²) in [5.74, 6) is -1.31. The zero-order valence-electron chi connectivity index (χ0n) is 14.2. The van der Waals surface area contributed by atoms with Crippen LogP contribution < -0.4 is 0 Å². The number of aliphatic carboxylic acids is 1. The number of hydrogen-bond acceptors (Lipinski definition) is 4. The van der Waals surface area contributed by atoms with Gasteiger partial charge in [-0.2, -0.15) is 0 Å². The first kappa shape index (κ1) is 18.0. The number of amides is 1. The fourth-order valence-electron chi connectivity index (χ4n) is 2.83. The van der Waals surface area contributed by atoms with Gasteiger partial charge in [-0.25, -0.2) is 9.59 Å². The van der Waals surface area contributed by atoms with Gasteiger partial charge in [-0.3, -0.25) is 9.69 Å². The summed E-state index contributed by atoms with van der Waals surface area (Å²) in [6.45, 7) is 5.40. The van der Waals surface area contributed by atoms with Crippen LogP contribution in [0.3, 0.4) is 0 Å². The van der Waals surface area contributed by atoms with E-state index in [9.17, 15) is 19.5 Å². The lowest BCUT2D eigenvalue weighted by molar-refractivity contribution is -0.142. The van der Waals surface area contributed by atoms with Crippen molar-refractivity contribution in [2.24, 2.45) is 5.92 Å². The fraction of sp³-hybridized carbons (Fsp3) is 0.500. The van der Waals surface area contributed by atoms with Crippen molar-refractivity contribution in [3.05, 3.63) is 35.9 Å². The molecule has 0 saturated carbocycles. The number of benzene rings is 1. The van der Waals surface area contributed by atoms with E-state index in [1.165, 1.54) is 4.90 Å². The van der Waals surface area contributed by atoms with Crippen LogP contribution >= 0.6 is 0 Å². The number of nitrogens with zero attached hydrogens (tertiary/aromatic N) is 1. The molecule has 1 amide bonds. The summed E-state index contributed by atoms with van der Waals surface area (Å²) in [7, 11) is 0. The highest BCUT2D eigenvalue weighted by atomic mass is 16.6. The van der Waals surface area contributed by atoms with Gasteiger partial charge in [0.1, 0.15) is 11.6 Å². The molecule has 1 aromatic carbocycles. The van der Waals surface area contributed by atoms with Crippen molar-refractivity contribution < 1.29 is 24.2 Å². The Balaban J connectivity index is 2.05. The normalized spacial score (nSPS) is 20.7. The molecule has 1 N–H and O–H groups in total. The van der Waals surface area contributed by atoms with Crippen LogP contribution in [0.15, 0.2) is 30.3 Å². The van der Waals surface area contributed by atoms with Crippen molar-refractivity contribution in [3.63, 3.8) is 0 Å². The summed E-state index contributed by atoms with van der Waals surface area (Å²) in [6, 6.07) is 7.92. The van der Waals surface area contributed by atoms with E-state index in [0.717, 1.165) is 0 Å². The molecule has 0 unspecified atom stereocenters. The second-order valence-corrected chi connectivity index (χ2v) is 7.08. The van der Waals surface area contributed by atoms with Crippen LogP contribution in [0.1, 0.15) is 44.0 Å². The molecular formula is C18H23NO5. The molecule has 1 aliphatic heterocycles. The van der Waals surface area contributed by atoms with Crippen LogP contribution in [0.4, 0.5) is 4.79 Å². The molecule has 0 radical (unpaired) electrons. The van der Waals surface area contributed by atoms with Crippen LogP contribution in [0.2, 0.25) is 0 Å². The number of ether oxygens (including phenoxy) is 1. The Bertz CT molecular complexity index is 620. The molecule has 2 atom stereocenters. The summed E-state index contributed by atoms with van der Waals surface area (Å²) >= 11 is 0. The topological polar surface area (TPSA) is 83.9 Å². The molecule has 1 heterocycles. The first-order valence-electron chi connectivity index (χ1n) is 7.98. The summed E-state index contributed by atoms with van der Waals surface area (Å²) in [5.41, 5.74) is -0.0990. The van der Waals surface area contributed by atoms with Crippen LogP contribution in [0.5, 0.6) is 0 Å². The summed E-state index contributed by atoms with van der Waals surface area (Å²) in [4.78, 5) is 37.2. The van der Waals surface area contributed by atoms with Gasteiger partial charge in [0.25, 0.3) is 0 Å². The average molecular weight is 333 g/mol. The quantitative estimate of drug-likeness (QED) is 0.856. The lowest BCUT2D eigenvalue weighted by Crippen LogP contribution is -2.43. The summed E-state index contributed by atoms with van der Waals surface area (Å²) in [6.07, 6.45) is -0.176. The number of Topliss-reactive ketones (excluding diaryl/α,β-unsaturated/α-hetero) is 1. The molecule has 1 aliphatic rings. The molecule has 6 heteroatoms. The standard InChI is InChI=1S/C18H23NO5/c1-18(2,3)24-17(23)19-11-12(9-14(19)16(21)22)10-15(20)13-7-5-4-6-8-13/h4-8,12,14H,9-11H2,1-3H3,(H,21,22)/t12-,14-/m0/s1. The molecule has 24 heavy (non-hydrogen) atoms. The number of carboxylic acid groups (broad SMARTS) is 1. The van der Waals surface area contributed by atoms with E-state index in [1.807, 2.05) is 6.07 Å². The predicted octanol–water partition coefficient (Wildman–Crippen LogP) is 2.97. The average Bonchev–Trinajstić information content (AvgIpc) is 2.90. The van der Waals surface area contributed by atoms with E-state index in [0.29, 0.717) is 5.56 Å². The first-order chi connectivity index (χ1) is 11.2. The lowest BCUT2D eigenvalue weighted by Gasteiger charge is -2.26. The Morgan fingerprint density at radius 3 is 2.38 bits per heavy atom. The third kappa shape index (κ3) is 4.57. The van der Waals surface area contributed by atoms with Crippen molar-refractivity contribution in [2.45, 2.75) is 45.3 Å². The molecule has 0 bridgehead atoms. The zero-order chi connectivity index (χ0) is 17.9. The van der Waals surface area contributed by atoms with Crippen LogP contribution in [0, 0.1) is 5.92 Å². The van der Waals surface area contributed by atoms with Gasteiger partial charge in [0.05, 0.1) is 0 Å². The third-order valence-electron chi connectivity index (χ3n) is 3.87. The highest BCUT2D eigenvalue weighted by molar-refractivity contribution is 5.96. The molecule has 0 aliphatic carbocycles. The van der Waals surface area contributed by atoms with E-state index in [-0.39, 0.29) is 31.1 Å². The summed E-state index contributed by atoms with van der Waals surface area (Å²) in [5, 5.41) is 9.37. The largest absolute Gasteiger partial charge is 0.480 e. The highest BCUT2D eigenvalue weighted by Gasteiger charge is 2.42. The van der Waals surface area contributed by atoms with E-state index >= 15 is 0 Å². The Labute approximate surface area is 141 Å². The fourth-order valence-corrected chi connectivity index (χ4v) is 2.83. The molecule has 1 aromatic rings. The Hall–Kier alpha value is -2.37. The number of ketones is 1. The second-order valence-electron chi connectivity index (χ2n) is 7.08. The second kappa shape index (κ2) is 7.03. The molecular weight excluding hydrogens is 310 g/mol. The van der Waals surface area contributed by atoms with Crippen LogP contribution in [0.25, 0.3) is 0 Å². The monoisotopic (exact) mass is 333 g/mol. The van der Waals surface area contributed by atoms with E-state index < -0.39 is 23.7 Å². The Morgan fingerprint density at radius 1 is 1.21 bits per heavy atom. The van der Waals surface area contributed by atoms with Crippen LogP contribution in [-0.4, -0.2) is 46.0 Å². The molecule has 6 nitrogen and oxygen atoms in total. The van der Waals surface area contributed by atoms with Crippen LogP contribution in [-0.2, 0) is 9.53 Å². The van der Waals surface area contributed by atoms with Gasteiger partial charge in [0.2, 0.25) is 0 Å². The molecule has 0 spiro atoms. The Morgan fingerprint density at radius 2 is 1.83 bits per heavy atom. The maximum Gasteiger partial charge on any atom is 0.411 e. The molecule has 0 aromatic heterocycles. The van der Waals surface area contributed by atoms with Crippen molar-refractivity contribution in [3.8, 4) is 0 Å². The highest BCUT2D eigenvalue weighted by Crippen LogP contribution is 2.29. The Kier molecular flexibility index (Phi) is 5.26. The number of carboxylic acids is 1. The number of likely N-dealkylation sites (tertiary alicyclic amines) is 1. The maximum atomic E-state index is 12.3. The smallest absolute Gasteiger partial charge is 0.411 e. The van der Waals surface area contributed by atoms with Crippen molar-refractivity contribution in [1.82, 2.24) is 4.90 Å². The zero-order valence-corrected chi connectivity index (χ0v) is 14.2. The number of rotatable bonds is 4. The third-order valence-corrected chi connectivity index (χ3v) is 3.87. The van der Waals surface area contributed by atoms with Gasteiger partial charge in [-0.05, 0) is 33.1 Å². The van der Waals surface area contributed by atoms with Gasteiger partial charge < -0.3 is 9.84 Å². The van der Waals surface area contributed by atoms with Crippen molar-refractivity contribution in [2.75, 3.05) is 6.54 Å². The van der Waals surface area contributed by atoms with Gasteiger partial charge >= 0.3 is 12.1 Å². The van der Waals surface area contributed by atoms with E-state index in [2.05, 4.69) is 0 Å². The lowest BCUT2D eigenvalue weighted by atomic mass is 9.96. The molecule has 1 fully saturated rings. The minimum absolute atomic E-state index is 0.0456. The summed E-state index contributed by atoms with van der Waals surface area (Å²) < 4.78 is 5.28. The van der Waals surface area contributed by atoms with Crippen molar-refractivity contribution >= 4 is 17.8 Å². The van der Waals surface area contributed by atoms with E-state index in [4.69, 9.17) is 4.74 Å².